The molecule has 1 heterocycles. The molecule has 88 valence electrons. The SMILES string of the molecule is O=C1C=CC(=O)c2c(Oc3cccs3)cccc21. The third-order valence-electron chi connectivity index (χ3n) is 2.63. The molecular weight excluding hydrogens is 248 g/mol. The number of carbonyl (C=O) groups excluding carboxylic acids is 2. The second-order valence-electron chi connectivity index (χ2n) is 3.77. The number of allylic oxidation sites excluding steroid dienone is 2. The number of hydrogen-bond acceptors (Lipinski definition) is 4. The molecule has 0 bridgehead atoms. The Morgan fingerprint density at radius 2 is 1.78 bits per heavy atom. The fourth-order valence-electron chi connectivity index (χ4n) is 1.83. The average molecular weight is 256 g/mol. The summed E-state index contributed by atoms with van der Waals surface area (Å²) < 4.78 is 5.65. The van der Waals surface area contributed by atoms with E-state index >= 15 is 0 Å². The molecule has 3 rings (SSSR count). The van der Waals surface area contributed by atoms with Gasteiger partial charge in [-0.05, 0) is 35.7 Å². The van der Waals surface area contributed by atoms with Gasteiger partial charge in [0, 0.05) is 5.56 Å². The molecule has 0 amide bonds. The van der Waals surface area contributed by atoms with Crippen molar-refractivity contribution in [1.29, 1.82) is 0 Å². The van der Waals surface area contributed by atoms with Gasteiger partial charge in [-0.25, -0.2) is 0 Å². The van der Waals surface area contributed by atoms with E-state index in [1.54, 1.807) is 18.2 Å². The quantitative estimate of drug-likeness (QED) is 0.826. The van der Waals surface area contributed by atoms with Gasteiger partial charge in [0.25, 0.3) is 0 Å². The first-order valence-electron chi connectivity index (χ1n) is 5.37. The van der Waals surface area contributed by atoms with Crippen molar-refractivity contribution in [2.45, 2.75) is 0 Å². The Balaban J connectivity index is 2.10. The normalized spacial score (nSPS) is 13.6. The molecule has 1 aromatic carbocycles. The minimum Gasteiger partial charge on any atom is -0.446 e. The van der Waals surface area contributed by atoms with E-state index in [-0.39, 0.29) is 11.6 Å². The van der Waals surface area contributed by atoms with Crippen LogP contribution in [0.2, 0.25) is 0 Å². The minimum absolute atomic E-state index is 0.166. The molecule has 0 saturated carbocycles. The maximum Gasteiger partial charge on any atom is 0.190 e. The van der Waals surface area contributed by atoms with E-state index in [9.17, 15) is 9.59 Å². The van der Waals surface area contributed by atoms with Crippen molar-refractivity contribution in [3.8, 4) is 10.8 Å². The highest BCUT2D eigenvalue weighted by Crippen LogP contribution is 2.32. The zero-order valence-corrected chi connectivity index (χ0v) is 10.1. The fourth-order valence-corrected chi connectivity index (χ4v) is 2.42. The lowest BCUT2D eigenvalue weighted by Crippen LogP contribution is -2.12. The third-order valence-corrected chi connectivity index (χ3v) is 3.37. The lowest BCUT2D eigenvalue weighted by atomic mass is 9.94. The molecule has 1 aliphatic carbocycles. The molecule has 3 nitrogen and oxygen atoms in total. The molecule has 1 aliphatic rings. The van der Waals surface area contributed by atoms with E-state index < -0.39 is 0 Å². The van der Waals surface area contributed by atoms with E-state index in [0.717, 1.165) is 0 Å². The van der Waals surface area contributed by atoms with Crippen LogP contribution in [0.25, 0.3) is 0 Å². The zero-order valence-electron chi connectivity index (χ0n) is 9.25. The fraction of sp³-hybridized carbons (Fsp3) is 0. The topological polar surface area (TPSA) is 43.4 Å². The summed E-state index contributed by atoms with van der Waals surface area (Å²) in [4.78, 5) is 23.6. The van der Waals surface area contributed by atoms with E-state index in [1.807, 2.05) is 17.5 Å². The first kappa shape index (κ1) is 10.9. The highest BCUT2D eigenvalue weighted by atomic mass is 32.1. The van der Waals surface area contributed by atoms with Gasteiger partial charge in [0.05, 0.1) is 5.56 Å². The Morgan fingerprint density at radius 1 is 0.944 bits per heavy atom. The number of carbonyl (C=O) groups is 2. The first-order chi connectivity index (χ1) is 8.75. The molecule has 0 radical (unpaired) electrons. The predicted molar refractivity (Wildman–Crippen MR) is 68.6 cm³/mol. The average Bonchev–Trinajstić information content (AvgIpc) is 2.87. The summed E-state index contributed by atoms with van der Waals surface area (Å²) in [6.07, 6.45) is 2.57. The Labute approximate surface area is 107 Å². The van der Waals surface area contributed by atoms with Crippen LogP contribution in [0.3, 0.4) is 0 Å². The van der Waals surface area contributed by atoms with Gasteiger partial charge in [-0.1, -0.05) is 12.1 Å². The summed E-state index contributed by atoms with van der Waals surface area (Å²) in [5, 5.41) is 2.58. The van der Waals surface area contributed by atoms with Crippen LogP contribution < -0.4 is 4.74 Å². The highest BCUT2D eigenvalue weighted by molar-refractivity contribution is 7.11. The largest absolute Gasteiger partial charge is 0.446 e. The second-order valence-corrected chi connectivity index (χ2v) is 4.68. The molecule has 18 heavy (non-hydrogen) atoms. The van der Waals surface area contributed by atoms with Gasteiger partial charge < -0.3 is 4.74 Å². The monoisotopic (exact) mass is 256 g/mol. The third kappa shape index (κ3) is 1.76. The van der Waals surface area contributed by atoms with E-state index in [4.69, 9.17) is 4.74 Å². The van der Waals surface area contributed by atoms with Crippen molar-refractivity contribution in [2.75, 3.05) is 0 Å². The molecule has 0 saturated heterocycles. The van der Waals surface area contributed by atoms with E-state index in [2.05, 4.69) is 0 Å². The highest BCUT2D eigenvalue weighted by Gasteiger charge is 2.23. The molecule has 0 fully saturated rings. The minimum atomic E-state index is -0.197. The van der Waals surface area contributed by atoms with Gasteiger partial charge in [0.15, 0.2) is 16.6 Å². The first-order valence-corrected chi connectivity index (χ1v) is 6.25. The zero-order chi connectivity index (χ0) is 12.5. The molecule has 0 atom stereocenters. The van der Waals surface area contributed by atoms with E-state index in [0.29, 0.717) is 21.9 Å². The number of hydrogen-bond donors (Lipinski definition) is 0. The van der Waals surface area contributed by atoms with Crippen molar-refractivity contribution in [3.05, 3.63) is 59.0 Å². The summed E-state index contributed by atoms with van der Waals surface area (Å²) in [5.41, 5.74) is 0.745. The Kier molecular flexibility index (Phi) is 2.57. The lowest BCUT2D eigenvalue weighted by Gasteiger charge is -2.13. The van der Waals surface area contributed by atoms with Crippen molar-refractivity contribution in [2.24, 2.45) is 0 Å². The summed E-state index contributed by atoms with van der Waals surface area (Å²) in [7, 11) is 0. The van der Waals surface area contributed by atoms with Crippen molar-refractivity contribution < 1.29 is 14.3 Å². The molecule has 2 aromatic rings. The summed E-state index contributed by atoms with van der Waals surface area (Å²) >= 11 is 1.43. The number of benzene rings is 1. The van der Waals surface area contributed by atoms with E-state index in [1.165, 1.54) is 23.5 Å². The van der Waals surface area contributed by atoms with Crippen LogP contribution in [-0.2, 0) is 0 Å². The van der Waals surface area contributed by atoms with Crippen molar-refractivity contribution in [3.63, 3.8) is 0 Å². The number of ketones is 2. The number of rotatable bonds is 2. The molecule has 0 unspecified atom stereocenters. The van der Waals surface area contributed by atoms with Crippen LogP contribution in [0.5, 0.6) is 10.8 Å². The maximum absolute atomic E-state index is 11.9. The van der Waals surface area contributed by atoms with Gasteiger partial charge in [-0.15, -0.1) is 11.3 Å². The van der Waals surface area contributed by atoms with Gasteiger partial charge in [-0.2, -0.15) is 0 Å². The Morgan fingerprint density at radius 3 is 2.56 bits per heavy atom. The summed E-state index contributed by atoms with van der Waals surface area (Å²) in [6, 6.07) is 8.73. The number of fused-ring (bicyclic) bond motifs is 1. The Hall–Kier alpha value is -2.20. The maximum atomic E-state index is 11.9. The lowest BCUT2D eigenvalue weighted by molar-refractivity contribution is 0.0992. The molecule has 4 heteroatoms. The van der Waals surface area contributed by atoms with Gasteiger partial charge in [0.2, 0.25) is 0 Å². The van der Waals surface area contributed by atoms with Gasteiger partial charge >= 0.3 is 0 Å². The van der Waals surface area contributed by atoms with Crippen LogP contribution in [-0.4, -0.2) is 11.6 Å². The van der Waals surface area contributed by atoms with Gasteiger partial charge in [0.1, 0.15) is 5.75 Å². The molecule has 0 N–H and O–H groups in total. The molecular formula is C14H8O3S. The van der Waals surface area contributed by atoms with Crippen LogP contribution >= 0.6 is 11.3 Å². The molecule has 1 aromatic heterocycles. The van der Waals surface area contributed by atoms with Crippen molar-refractivity contribution >= 4 is 22.9 Å². The number of ether oxygens (including phenoxy) is 1. The van der Waals surface area contributed by atoms with Crippen LogP contribution in [0, 0.1) is 0 Å². The second kappa shape index (κ2) is 4.23. The predicted octanol–water partition coefficient (Wildman–Crippen LogP) is 3.48. The van der Waals surface area contributed by atoms with Crippen LogP contribution in [0.4, 0.5) is 0 Å². The van der Waals surface area contributed by atoms with Crippen LogP contribution in [0.1, 0.15) is 20.7 Å². The summed E-state index contributed by atoms with van der Waals surface area (Å²) in [6.45, 7) is 0. The summed E-state index contributed by atoms with van der Waals surface area (Å²) in [5.74, 6) is 0.0654. The van der Waals surface area contributed by atoms with Crippen molar-refractivity contribution in [1.82, 2.24) is 0 Å². The van der Waals surface area contributed by atoms with Gasteiger partial charge in [-0.3, -0.25) is 9.59 Å². The smallest absolute Gasteiger partial charge is 0.190 e. The molecule has 0 aliphatic heterocycles. The number of thiophene rings is 1. The van der Waals surface area contributed by atoms with Crippen LogP contribution in [0.15, 0.2) is 47.9 Å². The standard InChI is InChI=1S/C14H8O3S/c15-10-6-7-11(16)14-9(10)3-1-4-12(14)17-13-5-2-8-18-13/h1-8H. The molecule has 0 spiro atoms. The Bertz CT molecular complexity index is 654.